The van der Waals surface area contributed by atoms with E-state index in [0.717, 1.165) is 17.7 Å². The standard InChI is InChI=1S/C20H21NO4/c1-3-24-18-11-7-5-9-16(18)20(23)25-14(2)19(22)21-13-12-15-8-4-6-10-17(15)21/h4-11,14H,3,12-13H2,1-2H3/t14-/m0/s1. The molecule has 0 aromatic heterocycles. The summed E-state index contributed by atoms with van der Waals surface area (Å²) in [6.45, 7) is 4.50. The first-order valence-electron chi connectivity index (χ1n) is 8.44. The lowest BCUT2D eigenvalue weighted by Crippen LogP contribution is -2.39. The van der Waals surface area contributed by atoms with Crippen LogP contribution >= 0.6 is 0 Å². The lowest BCUT2D eigenvalue weighted by atomic mass is 10.2. The van der Waals surface area contributed by atoms with E-state index in [9.17, 15) is 9.59 Å². The Morgan fingerprint density at radius 3 is 2.64 bits per heavy atom. The Morgan fingerprint density at radius 2 is 1.84 bits per heavy atom. The average molecular weight is 339 g/mol. The van der Waals surface area contributed by atoms with E-state index in [-0.39, 0.29) is 5.91 Å². The number of rotatable bonds is 5. The number of esters is 1. The molecule has 25 heavy (non-hydrogen) atoms. The van der Waals surface area contributed by atoms with Gasteiger partial charge in [-0.25, -0.2) is 4.79 Å². The first-order valence-corrected chi connectivity index (χ1v) is 8.44. The zero-order valence-electron chi connectivity index (χ0n) is 14.4. The number of hydrogen-bond donors (Lipinski definition) is 0. The maximum atomic E-state index is 12.7. The van der Waals surface area contributed by atoms with Crippen LogP contribution in [-0.2, 0) is 16.0 Å². The van der Waals surface area contributed by atoms with Crippen molar-refractivity contribution in [3.63, 3.8) is 0 Å². The van der Waals surface area contributed by atoms with Gasteiger partial charge < -0.3 is 14.4 Å². The van der Waals surface area contributed by atoms with Crippen LogP contribution in [0.15, 0.2) is 48.5 Å². The van der Waals surface area contributed by atoms with Crippen molar-refractivity contribution in [2.45, 2.75) is 26.4 Å². The van der Waals surface area contributed by atoms with Crippen molar-refractivity contribution in [1.82, 2.24) is 0 Å². The number of hydrogen-bond acceptors (Lipinski definition) is 4. The summed E-state index contributed by atoms with van der Waals surface area (Å²) in [6.07, 6.45) is -0.0520. The molecular formula is C20H21NO4. The normalized spacial score (nSPS) is 13.9. The minimum atomic E-state index is -0.867. The Morgan fingerprint density at radius 1 is 1.12 bits per heavy atom. The van der Waals surface area contributed by atoms with E-state index in [1.165, 1.54) is 0 Å². The molecule has 5 nitrogen and oxygen atoms in total. The molecule has 0 N–H and O–H groups in total. The fraction of sp³-hybridized carbons (Fsp3) is 0.300. The molecule has 0 saturated heterocycles. The van der Waals surface area contributed by atoms with E-state index in [1.54, 1.807) is 36.1 Å². The van der Waals surface area contributed by atoms with Gasteiger partial charge in [0.15, 0.2) is 6.10 Å². The maximum absolute atomic E-state index is 12.7. The van der Waals surface area contributed by atoms with Gasteiger partial charge in [0.25, 0.3) is 5.91 Å². The maximum Gasteiger partial charge on any atom is 0.342 e. The Kier molecular flexibility index (Phi) is 5.03. The number of anilines is 1. The summed E-state index contributed by atoms with van der Waals surface area (Å²) < 4.78 is 10.9. The lowest BCUT2D eigenvalue weighted by molar-refractivity contribution is -0.126. The van der Waals surface area contributed by atoms with Gasteiger partial charge in [-0.3, -0.25) is 4.79 Å². The second kappa shape index (κ2) is 7.38. The number of carbonyl (C=O) groups excluding carboxylic acids is 2. The number of para-hydroxylation sites is 2. The zero-order valence-corrected chi connectivity index (χ0v) is 14.4. The monoisotopic (exact) mass is 339 g/mol. The molecule has 1 heterocycles. The zero-order chi connectivity index (χ0) is 17.8. The fourth-order valence-electron chi connectivity index (χ4n) is 2.98. The molecule has 0 fully saturated rings. The highest BCUT2D eigenvalue weighted by Crippen LogP contribution is 2.28. The van der Waals surface area contributed by atoms with Gasteiger partial charge in [0.2, 0.25) is 0 Å². The third-order valence-electron chi connectivity index (χ3n) is 4.19. The van der Waals surface area contributed by atoms with Gasteiger partial charge in [-0.05, 0) is 44.0 Å². The SMILES string of the molecule is CCOc1ccccc1C(=O)O[C@@H](C)C(=O)N1CCc2ccccc21. The number of ether oxygens (including phenoxy) is 2. The van der Waals surface area contributed by atoms with E-state index in [0.29, 0.717) is 24.5 Å². The Hall–Kier alpha value is -2.82. The minimum Gasteiger partial charge on any atom is -0.493 e. The molecule has 0 bridgehead atoms. The predicted octanol–water partition coefficient (Wildman–Crippen LogP) is 3.22. The first kappa shape index (κ1) is 17.0. The lowest BCUT2D eigenvalue weighted by Gasteiger charge is -2.22. The van der Waals surface area contributed by atoms with Crippen LogP contribution in [0.3, 0.4) is 0 Å². The number of fused-ring (bicyclic) bond motifs is 1. The van der Waals surface area contributed by atoms with Gasteiger partial charge in [0.1, 0.15) is 11.3 Å². The molecular weight excluding hydrogens is 318 g/mol. The second-order valence-corrected chi connectivity index (χ2v) is 5.85. The Bertz CT molecular complexity index is 787. The topological polar surface area (TPSA) is 55.8 Å². The highest BCUT2D eigenvalue weighted by molar-refractivity contribution is 6.00. The van der Waals surface area contributed by atoms with Crippen LogP contribution in [0.2, 0.25) is 0 Å². The van der Waals surface area contributed by atoms with Crippen molar-refractivity contribution < 1.29 is 19.1 Å². The number of nitrogens with zero attached hydrogens (tertiary/aromatic N) is 1. The molecule has 130 valence electrons. The summed E-state index contributed by atoms with van der Waals surface area (Å²) >= 11 is 0. The molecule has 1 aliphatic heterocycles. The number of benzene rings is 2. The van der Waals surface area contributed by atoms with E-state index < -0.39 is 12.1 Å². The van der Waals surface area contributed by atoms with Crippen LogP contribution in [0.5, 0.6) is 5.75 Å². The van der Waals surface area contributed by atoms with Crippen LogP contribution in [0.4, 0.5) is 5.69 Å². The van der Waals surface area contributed by atoms with Crippen LogP contribution in [-0.4, -0.2) is 31.1 Å². The van der Waals surface area contributed by atoms with Crippen molar-refractivity contribution in [3.05, 3.63) is 59.7 Å². The third kappa shape index (κ3) is 3.50. The van der Waals surface area contributed by atoms with Crippen LogP contribution < -0.4 is 9.64 Å². The van der Waals surface area contributed by atoms with Gasteiger partial charge >= 0.3 is 5.97 Å². The molecule has 5 heteroatoms. The van der Waals surface area contributed by atoms with Gasteiger partial charge in [-0.2, -0.15) is 0 Å². The molecule has 1 atom stereocenters. The van der Waals surface area contributed by atoms with Crippen molar-refractivity contribution in [3.8, 4) is 5.75 Å². The van der Waals surface area contributed by atoms with Crippen molar-refractivity contribution in [2.75, 3.05) is 18.1 Å². The highest BCUT2D eigenvalue weighted by atomic mass is 16.5. The predicted molar refractivity (Wildman–Crippen MR) is 95.0 cm³/mol. The Labute approximate surface area is 147 Å². The quantitative estimate of drug-likeness (QED) is 0.785. The number of carbonyl (C=O) groups is 2. The van der Waals surface area contributed by atoms with Crippen molar-refractivity contribution in [2.24, 2.45) is 0 Å². The summed E-state index contributed by atoms with van der Waals surface area (Å²) in [7, 11) is 0. The second-order valence-electron chi connectivity index (χ2n) is 5.85. The highest BCUT2D eigenvalue weighted by Gasteiger charge is 2.30. The molecule has 0 saturated carbocycles. The fourth-order valence-corrected chi connectivity index (χ4v) is 2.98. The van der Waals surface area contributed by atoms with Gasteiger partial charge in [0.05, 0.1) is 6.61 Å². The van der Waals surface area contributed by atoms with E-state index in [2.05, 4.69) is 0 Å². The number of amides is 1. The Balaban J connectivity index is 1.71. The minimum absolute atomic E-state index is 0.216. The molecule has 1 aliphatic rings. The van der Waals surface area contributed by atoms with Crippen LogP contribution in [0.25, 0.3) is 0 Å². The first-order chi connectivity index (χ1) is 12.1. The molecule has 0 spiro atoms. The van der Waals surface area contributed by atoms with Crippen LogP contribution in [0.1, 0.15) is 29.8 Å². The van der Waals surface area contributed by atoms with Crippen molar-refractivity contribution >= 4 is 17.6 Å². The third-order valence-corrected chi connectivity index (χ3v) is 4.19. The smallest absolute Gasteiger partial charge is 0.342 e. The van der Waals surface area contributed by atoms with Gasteiger partial charge in [0, 0.05) is 12.2 Å². The largest absolute Gasteiger partial charge is 0.493 e. The van der Waals surface area contributed by atoms with Gasteiger partial charge in [-0.1, -0.05) is 30.3 Å². The van der Waals surface area contributed by atoms with E-state index in [4.69, 9.17) is 9.47 Å². The van der Waals surface area contributed by atoms with E-state index >= 15 is 0 Å². The summed E-state index contributed by atoms with van der Waals surface area (Å²) in [5, 5.41) is 0. The molecule has 0 unspecified atom stereocenters. The van der Waals surface area contributed by atoms with Gasteiger partial charge in [-0.15, -0.1) is 0 Å². The molecule has 0 aliphatic carbocycles. The summed E-state index contributed by atoms with van der Waals surface area (Å²) in [5.74, 6) is -0.314. The summed E-state index contributed by atoms with van der Waals surface area (Å²) in [4.78, 5) is 26.8. The molecule has 0 radical (unpaired) electrons. The molecule has 3 rings (SSSR count). The molecule has 2 aromatic carbocycles. The van der Waals surface area contributed by atoms with Crippen molar-refractivity contribution in [1.29, 1.82) is 0 Å². The molecule has 2 aromatic rings. The molecule has 1 amide bonds. The summed E-state index contributed by atoms with van der Waals surface area (Å²) in [5.41, 5.74) is 2.35. The van der Waals surface area contributed by atoms with Crippen LogP contribution in [0, 0.1) is 0 Å². The summed E-state index contributed by atoms with van der Waals surface area (Å²) in [6, 6.07) is 14.7. The van der Waals surface area contributed by atoms with E-state index in [1.807, 2.05) is 31.2 Å². The average Bonchev–Trinajstić information content (AvgIpc) is 3.05.